The summed E-state index contributed by atoms with van der Waals surface area (Å²) in [7, 11) is 0. The molecule has 310 valence electrons. The van der Waals surface area contributed by atoms with Crippen molar-refractivity contribution < 1.29 is 24.0 Å². The van der Waals surface area contributed by atoms with Gasteiger partial charge in [0.2, 0.25) is 29.5 Å². The summed E-state index contributed by atoms with van der Waals surface area (Å²) in [5.74, 6) is -2.94. The van der Waals surface area contributed by atoms with Gasteiger partial charge in [-0.3, -0.25) is 24.0 Å². The largest absolute Gasteiger partial charge is 0.368 e. The monoisotopic (exact) mass is 818 g/mol. The molecule has 11 N–H and O–H groups in total. The molecule has 59 heavy (non-hydrogen) atoms. The number of nitrogens with two attached hydrogens (primary N) is 3. The fourth-order valence-electron chi connectivity index (χ4n) is 7.50. The first-order valence-electron chi connectivity index (χ1n) is 20.2. The van der Waals surface area contributed by atoms with Crippen molar-refractivity contribution in [3.8, 4) is 0 Å². The van der Waals surface area contributed by atoms with Crippen LogP contribution in [-0.4, -0.2) is 78.9 Å². The van der Waals surface area contributed by atoms with Crippen LogP contribution in [0, 0.1) is 0 Å². The Labute approximate surface area is 348 Å². The maximum absolute atomic E-state index is 14.7. The average molecular weight is 819 g/mol. The molecule has 14 heteroatoms. The highest BCUT2D eigenvalue weighted by molar-refractivity contribution is 7.19. The van der Waals surface area contributed by atoms with Gasteiger partial charge >= 0.3 is 0 Å². The fourth-order valence-corrected chi connectivity index (χ4v) is 8.61. The quantitative estimate of drug-likeness (QED) is 0.0578. The van der Waals surface area contributed by atoms with Crippen LogP contribution in [0.15, 0.2) is 103 Å². The van der Waals surface area contributed by atoms with Crippen molar-refractivity contribution in [3.05, 3.63) is 119 Å². The van der Waals surface area contributed by atoms with Gasteiger partial charge in [-0.1, -0.05) is 91.0 Å². The van der Waals surface area contributed by atoms with Gasteiger partial charge in [0.25, 0.3) is 0 Å². The molecule has 4 aromatic carbocycles. The van der Waals surface area contributed by atoms with Gasteiger partial charge in [0, 0.05) is 28.8 Å². The Morgan fingerprint density at radius 1 is 0.661 bits per heavy atom. The highest BCUT2D eigenvalue weighted by atomic mass is 32.1. The number of carbonyl (C=O) groups excluding carboxylic acids is 5. The van der Waals surface area contributed by atoms with E-state index in [2.05, 4.69) is 26.6 Å². The molecule has 0 bridgehead atoms. The van der Waals surface area contributed by atoms with Gasteiger partial charge in [-0.15, -0.1) is 11.3 Å². The van der Waals surface area contributed by atoms with Gasteiger partial charge in [0.05, 0.1) is 5.54 Å². The number of hydrogen-bond donors (Lipinski definition) is 8. The summed E-state index contributed by atoms with van der Waals surface area (Å²) >= 11 is 1.52. The summed E-state index contributed by atoms with van der Waals surface area (Å²) in [6.45, 7) is 1.56. The minimum atomic E-state index is -1.19. The lowest BCUT2D eigenvalue weighted by Crippen LogP contribution is -2.63. The number of thiophene rings is 1. The van der Waals surface area contributed by atoms with Crippen molar-refractivity contribution in [2.45, 2.75) is 81.1 Å². The Morgan fingerprint density at radius 2 is 1.25 bits per heavy atom. The van der Waals surface area contributed by atoms with Crippen LogP contribution in [0.2, 0.25) is 0 Å². The van der Waals surface area contributed by atoms with Crippen LogP contribution in [0.4, 0.5) is 0 Å². The molecule has 2 heterocycles. The average Bonchev–Trinajstić information content (AvgIpc) is 3.65. The Kier molecular flexibility index (Phi) is 14.8. The molecular weight excluding hydrogens is 765 g/mol. The summed E-state index contributed by atoms with van der Waals surface area (Å²) in [5.41, 5.74) is 18.4. The van der Waals surface area contributed by atoms with Crippen LogP contribution in [0.3, 0.4) is 0 Å². The van der Waals surface area contributed by atoms with Crippen LogP contribution in [0.25, 0.3) is 20.9 Å². The summed E-state index contributed by atoms with van der Waals surface area (Å²) in [6, 6.07) is 28.2. The number of benzene rings is 4. The van der Waals surface area contributed by atoms with Crippen LogP contribution in [0.5, 0.6) is 0 Å². The zero-order chi connectivity index (χ0) is 41.8. The van der Waals surface area contributed by atoms with Crippen molar-refractivity contribution in [2.75, 3.05) is 19.6 Å². The predicted molar refractivity (Wildman–Crippen MR) is 232 cm³/mol. The Morgan fingerprint density at radius 3 is 1.93 bits per heavy atom. The van der Waals surface area contributed by atoms with Crippen molar-refractivity contribution >= 4 is 61.7 Å². The Hall–Kier alpha value is -5.67. The number of unbranched alkanes of at least 4 members (excludes halogenated alkanes) is 1. The number of piperidine rings is 1. The first-order chi connectivity index (χ1) is 28.5. The third-order valence-corrected chi connectivity index (χ3v) is 12.0. The maximum atomic E-state index is 14.7. The zero-order valence-electron chi connectivity index (χ0n) is 33.1. The number of nitrogens with one attached hydrogen (secondary N) is 5. The van der Waals surface area contributed by atoms with Crippen molar-refractivity contribution in [1.82, 2.24) is 26.6 Å². The molecule has 0 unspecified atom stereocenters. The van der Waals surface area contributed by atoms with Gasteiger partial charge in [-0.2, -0.15) is 0 Å². The van der Waals surface area contributed by atoms with Crippen LogP contribution < -0.4 is 43.8 Å². The molecule has 0 aliphatic carbocycles. The van der Waals surface area contributed by atoms with Crippen molar-refractivity contribution in [1.29, 1.82) is 0 Å². The first-order valence-corrected chi connectivity index (χ1v) is 21.0. The summed E-state index contributed by atoms with van der Waals surface area (Å²) in [5, 5.41) is 17.7. The SMILES string of the molecule is NCCCC[C@H](NC(=O)[C@H](Cc1ccccc1)NC(=O)[C@@H](Cc1cccc2ccccc12)NC(=O)[C@@H](Cc1cc2ccccc2s1)NC(=O)C1(N)CCNCC1)C(N)=O. The highest BCUT2D eigenvalue weighted by Gasteiger charge is 2.38. The summed E-state index contributed by atoms with van der Waals surface area (Å²) in [6.07, 6.45) is 2.63. The number of hydrogen-bond acceptors (Lipinski definition) is 9. The van der Waals surface area contributed by atoms with E-state index >= 15 is 0 Å². The van der Waals surface area contributed by atoms with Crippen molar-refractivity contribution in [3.63, 3.8) is 0 Å². The Balaban J connectivity index is 1.31. The fraction of sp³-hybridized carbons (Fsp3) is 0.356. The van der Waals surface area contributed by atoms with E-state index in [1.54, 1.807) is 0 Å². The molecule has 1 saturated heterocycles. The van der Waals surface area contributed by atoms with E-state index in [1.165, 1.54) is 11.3 Å². The van der Waals surface area contributed by atoms with Crippen LogP contribution in [0.1, 0.15) is 48.1 Å². The van der Waals surface area contributed by atoms with Gasteiger partial charge in [0.15, 0.2) is 0 Å². The first kappa shape index (κ1) is 42.9. The number of fused-ring (bicyclic) bond motifs is 2. The molecule has 1 fully saturated rings. The number of amides is 5. The Bertz CT molecular complexity index is 2200. The van der Waals surface area contributed by atoms with E-state index in [0.717, 1.165) is 36.9 Å². The predicted octanol–water partition coefficient (Wildman–Crippen LogP) is 2.72. The van der Waals surface area contributed by atoms with Crippen LogP contribution in [-0.2, 0) is 43.2 Å². The number of carbonyl (C=O) groups is 5. The van der Waals surface area contributed by atoms with Gasteiger partial charge in [-0.25, -0.2) is 0 Å². The standard InChI is InChI=1S/C45H54N8O5S/c46-22-9-8-18-35(40(47)54)50-41(55)36(25-29-11-2-1-3-12-29)51-42(56)37(27-31-16-10-15-30-13-4-6-17-34(30)31)52-43(57)38(53-44(58)45(48)20-23-49-24-21-45)28-33-26-32-14-5-7-19-39(32)59-33/h1-7,10-17,19,26,35-38,49H,8-9,18,20-25,27-28,46,48H2,(H2,47,54)(H,50,55)(H,51,56)(H,52,57)(H,53,58)/t35-,36-,37+,38+/m0/s1. The van der Waals surface area contributed by atoms with E-state index in [9.17, 15) is 24.0 Å². The second-order valence-corrected chi connectivity index (χ2v) is 16.5. The highest BCUT2D eigenvalue weighted by Crippen LogP contribution is 2.27. The molecular formula is C45H54N8O5S. The van der Waals surface area contributed by atoms with E-state index in [4.69, 9.17) is 17.2 Å². The van der Waals surface area contributed by atoms with E-state index in [0.29, 0.717) is 45.3 Å². The molecule has 5 aromatic rings. The van der Waals surface area contributed by atoms with Gasteiger partial charge < -0.3 is 43.8 Å². The molecule has 6 rings (SSSR count). The summed E-state index contributed by atoms with van der Waals surface area (Å²) < 4.78 is 1.04. The number of primary amides is 1. The number of rotatable bonds is 19. The topological polar surface area (TPSA) is 224 Å². The molecule has 1 aliphatic rings. The lowest BCUT2D eigenvalue weighted by molar-refractivity contribution is -0.135. The lowest BCUT2D eigenvalue weighted by Gasteiger charge is -2.34. The zero-order valence-corrected chi connectivity index (χ0v) is 33.9. The molecule has 4 atom stereocenters. The van der Waals surface area contributed by atoms with Gasteiger partial charge in [-0.05, 0) is 91.2 Å². The van der Waals surface area contributed by atoms with E-state index in [1.807, 2.05) is 103 Å². The summed E-state index contributed by atoms with van der Waals surface area (Å²) in [4.78, 5) is 70.4. The smallest absolute Gasteiger partial charge is 0.243 e. The van der Waals surface area contributed by atoms with Crippen LogP contribution >= 0.6 is 11.3 Å². The maximum Gasteiger partial charge on any atom is 0.243 e. The lowest BCUT2D eigenvalue weighted by atomic mass is 9.88. The molecule has 0 spiro atoms. The second kappa shape index (κ2) is 20.3. The van der Waals surface area contributed by atoms with Gasteiger partial charge in [0.1, 0.15) is 24.2 Å². The molecule has 13 nitrogen and oxygen atoms in total. The van der Waals surface area contributed by atoms with Crippen molar-refractivity contribution in [2.24, 2.45) is 17.2 Å². The van der Waals surface area contributed by atoms with E-state index < -0.39 is 59.2 Å². The van der Waals surface area contributed by atoms with E-state index in [-0.39, 0.29) is 25.7 Å². The molecule has 1 aromatic heterocycles. The minimum Gasteiger partial charge on any atom is -0.368 e. The third-order valence-electron chi connectivity index (χ3n) is 10.9. The molecule has 5 amide bonds. The normalized spacial score (nSPS) is 15.7. The molecule has 1 aliphatic heterocycles. The molecule has 0 radical (unpaired) electrons. The minimum absolute atomic E-state index is 0.0671. The second-order valence-electron chi connectivity index (χ2n) is 15.3. The third kappa shape index (κ3) is 11.5. The molecule has 0 saturated carbocycles.